The van der Waals surface area contributed by atoms with E-state index in [1.165, 1.54) is 16.4 Å². The molecule has 0 saturated carbocycles. The Bertz CT molecular complexity index is 792. The van der Waals surface area contributed by atoms with Gasteiger partial charge in [-0.2, -0.15) is 4.31 Å². The van der Waals surface area contributed by atoms with Crippen molar-refractivity contribution in [3.05, 3.63) is 54.0 Å². The molecule has 1 aliphatic heterocycles. The second kappa shape index (κ2) is 7.84. The first kappa shape index (κ1) is 17.7. The van der Waals surface area contributed by atoms with E-state index in [-0.39, 0.29) is 10.8 Å². The number of nitrogens with zero attached hydrogens (tertiary/aromatic N) is 1. The molecule has 2 heterocycles. The lowest BCUT2D eigenvalue weighted by Crippen LogP contribution is -2.35. The third-order valence-corrected chi connectivity index (χ3v) is 6.26. The van der Waals surface area contributed by atoms with Crippen molar-refractivity contribution in [3.63, 3.8) is 0 Å². The summed E-state index contributed by atoms with van der Waals surface area (Å²) in [6.45, 7) is 1.63. The minimum absolute atomic E-state index is 0.217. The van der Waals surface area contributed by atoms with Crippen molar-refractivity contribution in [1.29, 1.82) is 0 Å². The average molecular weight is 362 g/mol. The average Bonchev–Trinajstić information content (AvgIpc) is 3.16. The molecule has 0 unspecified atom stereocenters. The van der Waals surface area contributed by atoms with Crippen molar-refractivity contribution in [1.82, 2.24) is 9.62 Å². The Morgan fingerprint density at radius 2 is 1.80 bits per heavy atom. The summed E-state index contributed by atoms with van der Waals surface area (Å²) in [6.07, 6.45) is 6.80. The molecule has 7 heteroatoms. The Hall–Kier alpha value is -2.12. The van der Waals surface area contributed by atoms with Crippen molar-refractivity contribution in [3.8, 4) is 0 Å². The number of piperidine rings is 1. The van der Waals surface area contributed by atoms with Gasteiger partial charge in [0, 0.05) is 25.2 Å². The maximum Gasteiger partial charge on any atom is 0.251 e. The Kier molecular flexibility index (Phi) is 5.55. The normalized spacial score (nSPS) is 15.8. The predicted octanol–water partition coefficient (Wildman–Crippen LogP) is 2.43. The lowest BCUT2D eigenvalue weighted by atomic mass is 10.2. The summed E-state index contributed by atoms with van der Waals surface area (Å²) in [7, 11) is -3.46. The fraction of sp³-hybridized carbons (Fsp3) is 0.389. The quantitative estimate of drug-likeness (QED) is 0.856. The summed E-state index contributed by atoms with van der Waals surface area (Å²) in [4.78, 5) is 12.4. The summed E-state index contributed by atoms with van der Waals surface area (Å²) in [5.41, 5.74) is 1.47. The van der Waals surface area contributed by atoms with E-state index in [2.05, 4.69) is 5.32 Å². The van der Waals surface area contributed by atoms with E-state index >= 15 is 0 Å². The minimum atomic E-state index is -3.46. The Balaban J connectivity index is 1.60. The molecule has 0 aliphatic carbocycles. The van der Waals surface area contributed by atoms with Gasteiger partial charge < -0.3 is 9.73 Å². The first-order chi connectivity index (χ1) is 12.1. The number of amides is 1. The molecular weight excluding hydrogens is 340 g/mol. The molecule has 0 spiro atoms. The first-order valence-electron chi connectivity index (χ1n) is 8.47. The minimum Gasteiger partial charge on any atom is -0.472 e. The van der Waals surface area contributed by atoms with Gasteiger partial charge in [-0.1, -0.05) is 6.42 Å². The lowest BCUT2D eigenvalue weighted by Gasteiger charge is -2.25. The molecule has 0 bridgehead atoms. The number of nitrogens with one attached hydrogen (secondary N) is 1. The molecule has 134 valence electrons. The van der Waals surface area contributed by atoms with Crippen molar-refractivity contribution in [2.45, 2.75) is 30.6 Å². The van der Waals surface area contributed by atoms with Gasteiger partial charge in [-0.25, -0.2) is 8.42 Å². The van der Waals surface area contributed by atoms with Gasteiger partial charge in [-0.05, 0) is 55.2 Å². The highest BCUT2D eigenvalue weighted by Crippen LogP contribution is 2.20. The number of hydrogen-bond acceptors (Lipinski definition) is 4. The summed E-state index contributed by atoms with van der Waals surface area (Å²) >= 11 is 0. The van der Waals surface area contributed by atoms with E-state index in [0.717, 1.165) is 24.8 Å². The molecule has 1 aliphatic rings. The highest BCUT2D eigenvalue weighted by molar-refractivity contribution is 7.89. The maximum absolute atomic E-state index is 12.6. The van der Waals surface area contributed by atoms with Gasteiger partial charge in [0.25, 0.3) is 5.91 Å². The van der Waals surface area contributed by atoms with Crippen molar-refractivity contribution < 1.29 is 17.6 Å². The van der Waals surface area contributed by atoms with Crippen LogP contribution in [-0.4, -0.2) is 38.3 Å². The maximum atomic E-state index is 12.6. The number of carbonyl (C=O) groups is 1. The van der Waals surface area contributed by atoms with Crippen LogP contribution < -0.4 is 5.32 Å². The van der Waals surface area contributed by atoms with Crippen LogP contribution in [0, 0.1) is 0 Å². The van der Waals surface area contributed by atoms with Gasteiger partial charge in [-0.15, -0.1) is 0 Å². The van der Waals surface area contributed by atoms with Crippen LogP contribution in [0.15, 0.2) is 52.2 Å². The first-order valence-corrected chi connectivity index (χ1v) is 9.91. The molecule has 2 aromatic rings. The zero-order chi connectivity index (χ0) is 17.7. The largest absolute Gasteiger partial charge is 0.472 e. The standard InChI is InChI=1S/C18H22N2O4S/c21-18(19-10-8-15-9-13-24-14-15)16-4-6-17(7-5-16)25(22,23)20-11-2-1-3-12-20/h4-7,9,13-14H,1-3,8,10-12H2,(H,19,21). The molecule has 1 amide bonds. The highest BCUT2D eigenvalue weighted by Gasteiger charge is 2.25. The lowest BCUT2D eigenvalue weighted by molar-refractivity contribution is 0.0954. The zero-order valence-corrected chi connectivity index (χ0v) is 14.8. The Labute approximate surface area is 147 Å². The van der Waals surface area contributed by atoms with Crippen LogP contribution in [0.25, 0.3) is 0 Å². The fourth-order valence-corrected chi connectivity index (χ4v) is 4.41. The molecule has 1 aromatic carbocycles. The summed E-state index contributed by atoms with van der Waals surface area (Å²) in [5.74, 6) is -0.217. The van der Waals surface area contributed by atoms with E-state index in [0.29, 0.717) is 31.6 Å². The molecule has 1 saturated heterocycles. The van der Waals surface area contributed by atoms with Crippen LogP contribution in [0.3, 0.4) is 0 Å². The number of rotatable bonds is 6. The van der Waals surface area contributed by atoms with Gasteiger partial charge in [-0.3, -0.25) is 4.79 Å². The molecule has 1 N–H and O–H groups in total. The van der Waals surface area contributed by atoms with Gasteiger partial charge >= 0.3 is 0 Å². The summed E-state index contributed by atoms with van der Waals surface area (Å²) in [6, 6.07) is 7.99. The molecule has 0 atom stereocenters. The summed E-state index contributed by atoms with van der Waals surface area (Å²) in [5, 5.41) is 2.82. The molecule has 1 aromatic heterocycles. The third kappa shape index (κ3) is 4.29. The van der Waals surface area contributed by atoms with Crippen molar-refractivity contribution in [2.75, 3.05) is 19.6 Å². The highest BCUT2D eigenvalue weighted by atomic mass is 32.2. The van der Waals surface area contributed by atoms with E-state index in [1.54, 1.807) is 24.7 Å². The van der Waals surface area contributed by atoms with Crippen LogP contribution in [-0.2, 0) is 16.4 Å². The number of furan rings is 1. The fourth-order valence-electron chi connectivity index (χ4n) is 2.89. The van der Waals surface area contributed by atoms with Gasteiger partial charge in [0.2, 0.25) is 10.0 Å². The SMILES string of the molecule is O=C(NCCc1ccoc1)c1ccc(S(=O)(=O)N2CCCCC2)cc1. The second-order valence-electron chi connectivity index (χ2n) is 6.13. The Morgan fingerprint density at radius 3 is 2.44 bits per heavy atom. The molecular formula is C18H22N2O4S. The Morgan fingerprint density at radius 1 is 1.08 bits per heavy atom. The van der Waals surface area contributed by atoms with E-state index in [1.807, 2.05) is 6.07 Å². The number of carbonyl (C=O) groups excluding carboxylic acids is 1. The molecule has 3 rings (SSSR count). The van der Waals surface area contributed by atoms with E-state index < -0.39 is 10.0 Å². The number of sulfonamides is 1. The van der Waals surface area contributed by atoms with Crippen molar-refractivity contribution in [2.24, 2.45) is 0 Å². The van der Waals surface area contributed by atoms with Crippen LogP contribution in [0.2, 0.25) is 0 Å². The van der Waals surface area contributed by atoms with Crippen LogP contribution >= 0.6 is 0 Å². The third-order valence-electron chi connectivity index (χ3n) is 4.35. The smallest absolute Gasteiger partial charge is 0.251 e. The van der Waals surface area contributed by atoms with Crippen LogP contribution in [0.5, 0.6) is 0 Å². The molecule has 6 nitrogen and oxygen atoms in total. The van der Waals surface area contributed by atoms with Gasteiger partial charge in [0.05, 0.1) is 17.4 Å². The second-order valence-corrected chi connectivity index (χ2v) is 8.06. The van der Waals surface area contributed by atoms with Crippen LogP contribution in [0.1, 0.15) is 35.2 Å². The number of benzene rings is 1. The van der Waals surface area contributed by atoms with Gasteiger partial charge in [0.1, 0.15) is 0 Å². The van der Waals surface area contributed by atoms with E-state index in [4.69, 9.17) is 4.42 Å². The summed E-state index contributed by atoms with van der Waals surface area (Å²) < 4.78 is 31.7. The van der Waals surface area contributed by atoms with Gasteiger partial charge in [0.15, 0.2) is 0 Å². The molecule has 0 radical (unpaired) electrons. The van der Waals surface area contributed by atoms with Crippen LogP contribution in [0.4, 0.5) is 0 Å². The zero-order valence-electron chi connectivity index (χ0n) is 14.0. The molecule has 1 fully saturated rings. The van der Waals surface area contributed by atoms with Crippen molar-refractivity contribution >= 4 is 15.9 Å². The monoisotopic (exact) mass is 362 g/mol. The van der Waals surface area contributed by atoms with E-state index in [9.17, 15) is 13.2 Å². The molecule has 25 heavy (non-hydrogen) atoms. The topological polar surface area (TPSA) is 79.6 Å². The predicted molar refractivity (Wildman–Crippen MR) is 93.8 cm³/mol. The number of hydrogen-bond donors (Lipinski definition) is 1.